The second-order valence-corrected chi connectivity index (χ2v) is 8.91. The summed E-state index contributed by atoms with van der Waals surface area (Å²) < 4.78 is 55.9. The quantitative estimate of drug-likeness (QED) is 0.449. The minimum atomic E-state index is -4.30. The Hall–Kier alpha value is -2.83. The maximum atomic E-state index is 13.2. The Morgan fingerprint density at radius 1 is 1.31 bits per heavy atom. The van der Waals surface area contributed by atoms with Gasteiger partial charge in [0.1, 0.15) is 12.3 Å². The summed E-state index contributed by atoms with van der Waals surface area (Å²) in [6.07, 6.45) is -2.95. The molecular formula is C23H25ClF4N4O4. The van der Waals surface area contributed by atoms with E-state index in [9.17, 15) is 32.3 Å². The third-order valence-corrected chi connectivity index (χ3v) is 6.02. The molecule has 0 bridgehead atoms. The Morgan fingerprint density at radius 3 is 2.61 bits per heavy atom. The zero-order valence-corrected chi connectivity index (χ0v) is 20.4. The number of ether oxygens (including phenoxy) is 1. The third kappa shape index (κ3) is 5.93. The predicted octanol–water partition coefficient (Wildman–Crippen LogP) is 3.94. The van der Waals surface area contributed by atoms with Crippen molar-refractivity contribution in [3.63, 3.8) is 0 Å². The first kappa shape index (κ1) is 27.8. The number of carbonyl (C=O) groups is 2. The lowest BCUT2D eigenvalue weighted by atomic mass is 10.1. The second kappa shape index (κ2) is 11.1. The molecular weight excluding hydrogens is 508 g/mol. The largest absolute Gasteiger partial charge is 0.392 e. The molecule has 0 aliphatic carbocycles. The molecule has 3 heterocycles. The monoisotopic (exact) mass is 532 g/mol. The van der Waals surface area contributed by atoms with E-state index < -0.39 is 43.1 Å². The third-order valence-electron chi connectivity index (χ3n) is 5.72. The summed E-state index contributed by atoms with van der Waals surface area (Å²) in [5.41, 5.74) is 1.43. The molecule has 3 atom stereocenters. The molecule has 36 heavy (non-hydrogen) atoms. The number of carbonyl (C=O) groups excluding carboxylic acids is 2. The van der Waals surface area contributed by atoms with E-state index in [1.54, 1.807) is 6.92 Å². The van der Waals surface area contributed by atoms with Gasteiger partial charge in [0.05, 0.1) is 29.0 Å². The van der Waals surface area contributed by atoms with Crippen LogP contribution in [0.2, 0.25) is 5.02 Å². The van der Waals surface area contributed by atoms with Gasteiger partial charge in [-0.05, 0) is 38.5 Å². The lowest BCUT2D eigenvalue weighted by Gasteiger charge is -2.25. The molecule has 1 aliphatic rings. The van der Waals surface area contributed by atoms with Crippen LogP contribution in [-0.4, -0.2) is 63.4 Å². The maximum absolute atomic E-state index is 13.2. The van der Waals surface area contributed by atoms with Gasteiger partial charge in [0, 0.05) is 36.6 Å². The lowest BCUT2D eigenvalue weighted by molar-refractivity contribution is -0.175. The number of halogens is 5. The molecule has 0 saturated heterocycles. The van der Waals surface area contributed by atoms with E-state index in [0.717, 1.165) is 0 Å². The Morgan fingerprint density at radius 2 is 2.00 bits per heavy atom. The SMILES string of the molecule is CC(OCC(F)(F)C(F)F)c1ncc(C(C)N2Cc3c(ccnc3C(=O)NC[C@@H](C)O)C2=O)cc1Cl. The number of fused-ring (bicyclic) bond motifs is 1. The molecule has 3 rings (SSSR count). The molecule has 2 unspecified atom stereocenters. The van der Waals surface area contributed by atoms with Gasteiger partial charge >= 0.3 is 12.3 Å². The van der Waals surface area contributed by atoms with Crippen molar-refractivity contribution in [1.29, 1.82) is 0 Å². The summed E-state index contributed by atoms with van der Waals surface area (Å²) in [7, 11) is 0. The highest BCUT2D eigenvalue weighted by molar-refractivity contribution is 6.31. The Labute approximate surface area is 209 Å². The van der Waals surface area contributed by atoms with Crippen molar-refractivity contribution >= 4 is 23.4 Å². The van der Waals surface area contributed by atoms with Gasteiger partial charge in [-0.1, -0.05) is 11.6 Å². The fraction of sp³-hybridized carbons (Fsp3) is 0.478. The Kier molecular flexibility index (Phi) is 8.52. The highest BCUT2D eigenvalue weighted by atomic mass is 35.5. The van der Waals surface area contributed by atoms with E-state index in [0.29, 0.717) is 16.7 Å². The normalized spacial score (nSPS) is 16.2. The van der Waals surface area contributed by atoms with Crippen molar-refractivity contribution in [2.45, 2.75) is 57.9 Å². The van der Waals surface area contributed by atoms with Crippen molar-refractivity contribution in [1.82, 2.24) is 20.2 Å². The second-order valence-electron chi connectivity index (χ2n) is 8.50. The van der Waals surface area contributed by atoms with E-state index in [4.69, 9.17) is 16.3 Å². The Bertz CT molecular complexity index is 1140. The van der Waals surface area contributed by atoms with Gasteiger partial charge in [-0.2, -0.15) is 8.78 Å². The van der Waals surface area contributed by atoms with Crippen LogP contribution in [0.5, 0.6) is 0 Å². The molecule has 0 aromatic carbocycles. The number of aliphatic hydroxyl groups excluding tert-OH is 1. The van der Waals surface area contributed by atoms with Crippen LogP contribution in [0.25, 0.3) is 0 Å². The molecule has 13 heteroatoms. The molecule has 2 amide bonds. The first-order valence-corrected chi connectivity index (χ1v) is 11.4. The van der Waals surface area contributed by atoms with Gasteiger partial charge < -0.3 is 20.1 Å². The molecule has 1 aliphatic heterocycles. The summed E-state index contributed by atoms with van der Waals surface area (Å²) in [5.74, 6) is -5.16. The molecule has 2 aromatic rings. The first-order chi connectivity index (χ1) is 16.8. The predicted molar refractivity (Wildman–Crippen MR) is 121 cm³/mol. The summed E-state index contributed by atoms with van der Waals surface area (Å²) in [5, 5.41) is 12.0. The van der Waals surface area contributed by atoms with Crippen molar-refractivity contribution in [2.24, 2.45) is 0 Å². The van der Waals surface area contributed by atoms with Crippen LogP contribution in [0.15, 0.2) is 24.5 Å². The zero-order valence-electron chi connectivity index (χ0n) is 19.6. The Balaban J connectivity index is 1.75. The van der Waals surface area contributed by atoms with Gasteiger partial charge in [0.25, 0.3) is 11.8 Å². The fourth-order valence-electron chi connectivity index (χ4n) is 3.63. The molecule has 8 nitrogen and oxygen atoms in total. The number of nitrogens with one attached hydrogen (secondary N) is 1. The standard InChI is InChI=1S/C23H25ClF4N4O4/c1-11(33)7-31-20(34)19-16-9-32(21(35)15(16)4-5-29-19)12(2)14-6-17(24)18(30-8-14)13(3)36-10-23(27,28)22(25)26/h4-6,8,11-13,22,33H,7,9-10H2,1-3H3,(H,31,34)/t11-,12?,13?/m1/s1. The highest BCUT2D eigenvalue weighted by Gasteiger charge is 2.41. The minimum Gasteiger partial charge on any atom is -0.392 e. The van der Waals surface area contributed by atoms with Crippen LogP contribution in [0.4, 0.5) is 17.6 Å². The van der Waals surface area contributed by atoms with Crippen molar-refractivity contribution < 1.29 is 37.0 Å². The van der Waals surface area contributed by atoms with E-state index in [1.807, 2.05) is 0 Å². The van der Waals surface area contributed by atoms with Crippen LogP contribution in [-0.2, 0) is 11.3 Å². The lowest BCUT2D eigenvalue weighted by Crippen LogP contribution is -2.33. The minimum absolute atomic E-state index is 0.0245. The van der Waals surface area contributed by atoms with Crippen LogP contribution in [0.3, 0.4) is 0 Å². The maximum Gasteiger partial charge on any atom is 0.330 e. The number of hydrogen-bond donors (Lipinski definition) is 2. The van der Waals surface area contributed by atoms with Gasteiger partial charge in [0.2, 0.25) is 0 Å². The topological polar surface area (TPSA) is 105 Å². The van der Waals surface area contributed by atoms with Gasteiger partial charge in [-0.3, -0.25) is 19.6 Å². The number of aliphatic hydroxyl groups is 1. The average Bonchev–Trinajstić information content (AvgIpc) is 3.16. The molecule has 0 radical (unpaired) electrons. The van der Waals surface area contributed by atoms with Gasteiger partial charge in [0.15, 0.2) is 0 Å². The molecule has 0 saturated carbocycles. The van der Waals surface area contributed by atoms with Gasteiger partial charge in [-0.15, -0.1) is 0 Å². The van der Waals surface area contributed by atoms with Crippen LogP contribution in [0, 0.1) is 0 Å². The molecule has 0 fully saturated rings. The molecule has 2 N–H and O–H groups in total. The summed E-state index contributed by atoms with van der Waals surface area (Å²) in [6, 6.07) is 2.46. The molecule has 196 valence electrons. The zero-order chi connectivity index (χ0) is 26.8. The number of rotatable bonds is 10. The molecule has 2 aromatic heterocycles. The van der Waals surface area contributed by atoms with E-state index in [2.05, 4.69) is 15.3 Å². The number of nitrogens with zero attached hydrogens (tertiary/aromatic N) is 3. The van der Waals surface area contributed by atoms with Crippen LogP contribution in [0.1, 0.15) is 70.6 Å². The van der Waals surface area contributed by atoms with E-state index in [-0.39, 0.29) is 35.4 Å². The number of alkyl halides is 4. The number of hydrogen-bond acceptors (Lipinski definition) is 6. The van der Waals surface area contributed by atoms with Crippen LogP contribution < -0.4 is 5.32 Å². The van der Waals surface area contributed by atoms with E-state index in [1.165, 1.54) is 43.3 Å². The van der Waals surface area contributed by atoms with Gasteiger partial charge in [-0.25, -0.2) is 8.78 Å². The smallest absolute Gasteiger partial charge is 0.330 e. The summed E-state index contributed by atoms with van der Waals surface area (Å²) in [6.45, 7) is 3.21. The average molecular weight is 533 g/mol. The first-order valence-electron chi connectivity index (χ1n) is 11.0. The number of aromatic nitrogens is 2. The van der Waals surface area contributed by atoms with E-state index >= 15 is 0 Å². The summed E-state index contributed by atoms with van der Waals surface area (Å²) in [4.78, 5) is 35.3. The van der Waals surface area contributed by atoms with Crippen molar-refractivity contribution in [2.75, 3.05) is 13.2 Å². The van der Waals surface area contributed by atoms with Crippen molar-refractivity contribution in [3.05, 3.63) is 57.6 Å². The number of pyridine rings is 2. The molecule has 0 spiro atoms. The van der Waals surface area contributed by atoms with Crippen LogP contribution >= 0.6 is 11.6 Å². The number of amides is 2. The fourth-order valence-corrected chi connectivity index (χ4v) is 3.96. The van der Waals surface area contributed by atoms with Crippen molar-refractivity contribution in [3.8, 4) is 0 Å². The highest BCUT2D eigenvalue weighted by Crippen LogP contribution is 2.35. The summed E-state index contributed by atoms with van der Waals surface area (Å²) >= 11 is 6.28.